The highest BCUT2D eigenvalue weighted by Crippen LogP contribution is 2.32. The lowest BCUT2D eigenvalue weighted by atomic mass is 10.1. The number of anilines is 2. The van der Waals surface area contributed by atoms with Crippen LogP contribution in [-0.2, 0) is 0 Å². The molecule has 0 atom stereocenters. The molecule has 1 aliphatic rings. The highest BCUT2D eigenvalue weighted by Gasteiger charge is 2.18. The van der Waals surface area contributed by atoms with Crippen molar-refractivity contribution in [2.75, 3.05) is 23.3 Å². The third-order valence-corrected chi connectivity index (χ3v) is 2.58. The summed E-state index contributed by atoms with van der Waals surface area (Å²) < 4.78 is 0. The van der Waals surface area contributed by atoms with E-state index in [1.807, 2.05) is 6.07 Å². The van der Waals surface area contributed by atoms with Gasteiger partial charge in [0.1, 0.15) is 5.75 Å². The van der Waals surface area contributed by atoms with E-state index in [1.54, 1.807) is 12.1 Å². The minimum Gasteiger partial charge on any atom is -0.508 e. The fourth-order valence-corrected chi connectivity index (χ4v) is 1.88. The first-order chi connectivity index (χ1) is 6.68. The van der Waals surface area contributed by atoms with E-state index < -0.39 is 0 Å². The molecular formula is C11H16N2O. The number of nitrogens with zero attached hydrogens (tertiary/aromatic N) is 1. The summed E-state index contributed by atoms with van der Waals surface area (Å²) in [5, 5.41) is 12.6. The summed E-state index contributed by atoms with van der Waals surface area (Å²) in [5.41, 5.74) is 2.22. The van der Waals surface area contributed by atoms with E-state index in [9.17, 15) is 5.11 Å². The lowest BCUT2D eigenvalue weighted by Gasteiger charge is -2.35. The van der Waals surface area contributed by atoms with Gasteiger partial charge in [-0.15, -0.1) is 0 Å². The first-order valence-corrected chi connectivity index (χ1v) is 5.02. The number of rotatable bonds is 1. The minimum absolute atomic E-state index is 0.321. The molecule has 1 aromatic rings. The van der Waals surface area contributed by atoms with Crippen molar-refractivity contribution >= 4 is 11.4 Å². The molecule has 76 valence electrons. The van der Waals surface area contributed by atoms with Crippen LogP contribution in [0.2, 0.25) is 0 Å². The van der Waals surface area contributed by atoms with Gasteiger partial charge in [-0.2, -0.15) is 0 Å². The van der Waals surface area contributed by atoms with Crippen molar-refractivity contribution in [2.45, 2.75) is 19.9 Å². The molecule has 3 heteroatoms. The average molecular weight is 192 g/mol. The molecule has 0 radical (unpaired) electrons. The van der Waals surface area contributed by atoms with Gasteiger partial charge in [-0.25, -0.2) is 0 Å². The molecule has 1 heterocycles. The first-order valence-electron chi connectivity index (χ1n) is 5.02. The van der Waals surface area contributed by atoms with E-state index in [2.05, 4.69) is 24.1 Å². The molecule has 0 bridgehead atoms. The predicted molar refractivity (Wildman–Crippen MR) is 59.1 cm³/mol. The van der Waals surface area contributed by atoms with E-state index in [1.165, 1.54) is 5.69 Å². The summed E-state index contributed by atoms with van der Waals surface area (Å²) in [6, 6.07) is 5.99. The van der Waals surface area contributed by atoms with Crippen molar-refractivity contribution in [2.24, 2.45) is 0 Å². The van der Waals surface area contributed by atoms with E-state index >= 15 is 0 Å². The van der Waals surface area contributed by atoms with Gasteiger partial charge in [-0.05, 0) is 26.0 Å². The summed E-state index contributed by atoms with van der Waals surface area (Å²) in [7, 11) is 0. The van der Waals surface area contributed by atoms with Gasteiger partial charge in [0.2, 0.25) is 0 Å². The highest BCUT2D eigenvalue weighted by atomic mass is 16.3. The molecule has 2 N–H and O–H groups in total. The molecule has 1 aliphatic heterocycles. The van der Waals surface area contributed by atoms with Crippen molar-refractivity contribution in [3.8, 4) is 5.75 Å². The molecule has 0 saturated carbocycles. The zero-order valence-corrected chi connectivity index (χ0v) is 8.62. The lowest BCUT2D eigenvalue weighted by Crippen LogP contribution is -2.38. The van der Waals surface area contributed by atoms with Crippen LogP contribution < -0.4 is 10.2 Å². The van der Waals surface area contributed by atoms with Crippen LogP contribution in [0.4, 0.5) is 11.4 Å². The summed E-state index contributed by atoms with van der Waals surface area (Å²) >= 11 is 0. The predicted octanol–water partition coefficient (Wildman–Crippen LogP) is 2.03. The van der Waals surface area contributed by atoms with Crippen LogP contribution in [0.15, 0.2) is 18.2 Å². The highest BCUT2D eigenvalue weighted by molar-refractivity contribution is 5.74. The third kappa shape index (κ3) is 1.50. The van der Waals surface area contributed by atoms with Crippen molar-refractivity contribution in [3.05, 3.63) is 18.2 Å². The number of phenolic OH excluding ortho intramolecular Hbond substituents is 1. The monoisotopic (exact) mass is 192 g/mol. The summed E-state index contributed by atoms with van der Waals surface area (Å²) in [4.78, 5) is 2.34. The second-order valence-electron chi connectivity index (χ2n) is 3.92. The Morgan fingerprint density at radius 3 is 2.93 bits per heavy atom. The maximum absolute atomic E-state index is 9.35. The van der Waals surface area contributed by atoms with Crippen LogP contribution in [0.25, 0.3) is 0 Å². The molecule has 0 saturated heterocycles. The Morgan fingerprint density at radius 1 is 1.43 bits per heavy atom. The summed E-state index contributed by atoms with van der Waals surface area (Å²) in [6.45, 7) is 6.33. The van der Waals surface area contributed by atoms with Crippen LogP contribution in [0.3, 0.4) is 0 Å². The van der Waals surface area contributed by atoms with Gasteiger partial charge in [-0.1, -0.05) is 0 Å². The van der Waals surface area contributed by atoms with E-state index in [4.69, 9.17) is 0 Å². The van der Waals surface area contributed by atoms with Gasteiger partial charge in [0.25, 0.3) is 0 Å². The molecule has 0 aliphatic carbocycles. The van der Waals surface area contributed by atoms with Crippen LogP contribution in [0.5, 0.6) is 5.75 Å². The van der Waals surface area contributed by atoms with Gasteiger partial charge < -0.3 is 15.3 Å². The number of aromatic hydroxyl groups is 1. The van der Waals surface area contributed by atoms with E-state index in [0.717, 1.165) is 18.8 Å². The Labute approximate surface area is 84.4 Å². The SMILES string of the molecule is CC(C)N1CCNc2cc(O)ccc21. The lowest BCUT2D eigenvalue weighted by molar-refractivity contribution is 0.475. The van der Waals surface area contributed by atoms with Crippen molar-refractivity contribution in [1.82, 2.24) is 0 Å². The summed E-state index contributed by atoms with van der Waals surface area (Å²) in [5.74, 6) is 0.321. The van der Waals surface area contributed by atoms with Crippen molar-refractivity contribution in [1.29, 1.82) is 0 Å². The van der Waals surface area contributed by atoms with Gasteiger partial charge in [0, 0.05) is 25.2 Å². The molecule has 0 aromatic heterocycles. The number of fused-ring (bicyclic) bond motifs is 1. The number of nitrogens with one attached hydrogen (secondary N) is 1. The first kappa shape index (κ1) is 9.19. The molecule has 1 aromatic carbocycles. The zero-order valence-electron chi connectivity index (χ0n) is 8.62. The number of hydrogen-bond donors (Lipinski definition) is 2. The molecule has 0 unspecified atom stereocenters. The standard InChI is InChI=1S/C11H16N2O/c1-8(2)13-6-5-12-10-7-9(14)3-4-11(10)13/h3-4,7-8,12,14H,5-6H2,1-2H3. The molecule has 0 spiro atoms. The Hall–Kier alpha value is -1.38. The topological polar surface area (TPSA) is 35.5 Å². The maximum atomic E-state index is 9.35. The Kier molecular flexibility index (Phi) is 2.23. The quantitative estimate of drug-likeness (QED) is 0.714. The number of hydrogen-bond acceptors (Lipinski definition) is 3. The minimum atomic E-state index is 0.321. The van der Waals surface area contributed by atoms with Gasteiger partial charge >= 0.3 is 0 Å². The van der Waals surface area contributed by atoms with Crippen LogP contribution in [0.1, 0.15) is 13.8 Å². The molecule has 3 nitrogen and oxygen atoms in total. The Balaban J connectivity index is 2.40. The van der Waals surface area contributed by atoms with Crippen LogP contribution in [-0.4, -0.2) is 24.2 Å². The number of phenols is 1. The fourth-order valence-electron chi connectivity index (χ4n) is 1.88. The van der Waals surface area contributed by atoms with Crippen molar-refractivity contribution in [3.63, 3.8) is 0 Å². The molecule has 14 heavy (non-hydrogen) atoms. The third-order valence-electron chi connectivity index (χ3n) is 2.58. The second-order valence-corrected chi connectivity index (χ2v) is 3.92. The van der Waals surface area contributed by atoms with Gasteiger partial charge in [0.15, 0.2) is 0 Å². The van der Waals surface area contributed by atoms with Crippen LogP contribution >= 0.6 is 0 Å². The largest absolute Gasteiger partial charge is 0.508 e. The molecule has 0 amide bonds. The van der Waals surface area contributed by atoms with Crippen LogP contribution in [0, 0.1) is 0 Å². The molecule has 2 rings (SSSR count). The van der Waals surface area contributed by atoms with E-state index in [-0.39, 0.29) is 0 Å². The van der Waals surface area contributed by atoms with Gasteiger partial charge in [0.05, 0.1) is 11.4 Å². The average Bonchev–Trinajstić information content (AvgIpc) is 2.16. The maximum Gasteiger partial charge on any atom is 0.117 e. The Bertz CT molecular complexity index is 336. The molecule has 0 fully saturated rings. The molecular weight excluding hydrogens is 176 g/mol. The summed E-state index contributed by atoms with van der Waals surface area (Å²) in [6.07, 6.45) is 0. The van der Waals surface area contributed by atoms with E-state index in [0.29, 0.717) is 11.8 Å². The Morgan fingerprint density at radius 2 is 2.21 bits per heavy atom. The number of benzene rings is 1. The second kappa shape index (κ2) is 3.40. The smallest absolute Gasteiger partial charge is 0.117 e. The van der Waals surface area contributed by atoms with Crippen molar-refractivity contribution < 1.29 is 5.11 Å². The van der Waals surface area contributed by atoms with Gasteiger partial charge in [-0.3, -0.25) is 0 Å². The zero-order chi connectivity index (χ0) is 10.1. The fraction of sp³-hybridized carbons (Fsp3) is 0.455. The normalized spacial score (nSPS) is 15.2.